The van der Waals surface area contributed by atoms with Crippen LogP contribution in [0.4, 0.5) is 11.4 Å². The Hall–Kier alpha value is -3.13. The fraction of sp³-hybridized carbons (Fsp3) is 0.174. The van der Waals surface area contributed by atoms with E-state index in [9.17, 15) is 10.2 Å². The lowest BCUT2D eigenvalue weighted by Gasteiger charge is -2.35. The van der Waals surface area contributed by atoms with Gasteiger partial charge >= 0.3 is 0 Å². The van der Waals surface area contributed by atoms with Crippen LogP contribution < -0.4 is 19.3 Å². The summed E-state index contributed by atoms with van der Waals surface area (Å²) in [4.78, 5) is 3.10. The minimum Gasteiger partial charge on any atom is -0.497 e. The molecule has 0 saturated carbocycles. The third-order valence-electron chi connectivity index (χ3n) is 5.22. The number of para-hydroxylation sites is 1. The molecule has 2 N–H and O–H groups in total. The molecule has 7 heteroatoms. The van der Waals surface area contributed by atoms with E-state index in [0.717, 1.165) is 0 Å². The van der Waals surface area contributed by atoms with Crippen molar-refractivity contribution in [2.45, 2.75) is 12.0 Å². The number of anilines is 2. The number of ether oxygens (including phenoxy) is 2. The molecule has 0 unspecified atom stereocenters. The van der Waals surface area contributed by atoms with Crippen LogP contribution in [0.3, 0.4) is 0 Å². The molecule has 1 fully saturated rings. The molecule has 4 rings (SSSR count). The van der Waals surface area contributed by atoms with Gasteiger partial charge in [-0.25, -0.2) is 0 Å². The van der Waals surface area contributed by atoms with Crippen molar-refractivity contribution in [3.05, 3.63) is 84.4 Å². The van der Waals surface area contributed by atoms with Gasteiger partial charge in [-0.1, -0.05) is 30.3 Å². The van der Waals surface area contributed by atoms with Gasteiger partial charge in [0.1, 0.15) is 11.5 Å². The van der Waals surface area contributed by atoms with Crippen LogP contribution in [-0.2, 0) is 5.72 Å². The van der Waals surface area contributed by atoms with Gasteiger partial charge in [-0.15, -0.1) is 0 Å². The standard InChI is InChI=1S/C23H22N2O4S/c1-28-19-12-8-16(9-13-19)23(27)21(26)24(17-10-14-20(29-2)15-11-17)22(30)25(23)18-6-4-3-5-7-18/h3-15,21,26-27H,1-2H3/t21-,23+/m0/s1. The molecule has 0 amide bonds. The number of hydrogen-bond donors (Lipinski definition) is 2. The second kappa shape index (κ2) is 7.95. The minimum atomic E-state index is -1.81. The van der Waals surface area contributed by atoms with Gasteiger partial charge < -0.3 is 19.7 Å². The number of aliphatic hydroxyl groups excluding tert-OH is 1. The van der Waals surface area contributed by atoms with E-state index in [1.807, 2.05) is 30.3 Å². The minimum absolute atomic E-state index is 0.275. The molecule has 1 aliphatic heterocycles. The first-order chi connectivity index (χ1) is 14.5. The van der Waals surface area contributed by atoms with E-state index >= 15 is 0 Å². The van der Waals surface area contributed by atoms with E-state index in [4.69, 9.17) is 21.7 Å². The molecule has 30 heavy (non-hydrogen) atoms. The summed E-state index contributed by atoms with van der Waals surface area (Å²) in [6.45, 7) is 0. The maximum Gasteiger partial charge on any atom is 0.217 e. The zero-order chi connectivity index (χ0) is 21.3. The highest BCUT2D eigenvalue weighted by molar-refractivity contribution is 7.80. The molecule has 0 spiro atoms. The van der Waals surface area contributed by atoms with Crippen LogP contribution in [0, 0.1) is 0 Å². The van der Waals surface area contributed by atoms with E-state index in [1.165, 1.54) is 4.90 Å². The van der Waals surface area contributed by atoms with Crippen molar-refractivity contribution >= 4 is 28.7 Å². The zero-order valence-corrected chi connectivity index (χ0v) is 17.4. The second-order valence-electron chi connectivity index (χ2n) is 6.85. The van der Waals surface area contributed by atoms with Crippen LogP contribution in [-0.4, -0.2) is 35.8 Å². The lowest BCUT2D eigenvalue weighted by molar-refractivity contribution is -0.0546. The van der Waals surface area contributed by atoms with E-state index in [-0.39, 0.29) is 5.11 Å². The molecule has 0 aromatic heterocycles. The van der Waals surface area contributed by atoms with Crippen molar-refractivity contribution in [3.63, 3.8) is 0 Å². The number of methoxy groups -OCH3 is 2. The number of aliphatic hydroxyl groups is 2. The summed E-state index contributed by atoms with van der Waals surface area (Å²) in [7, 11) is 3.16. The van der Waals surface area contributed by atoms with Crippen molar-refractivity contribution in [1.29, 1.82) is 0 Å². The topological polar surface area (TPSA) is 65.4 Å². The smallest absolute Gasteiger partial charge is 0.217 e. The van der Waals surface area contributed by atoms with Crippen LogP contribution in [0.1, 0.15) is 5.56 Å². The molecule has 0 radical (unpaired) electrons. The molecule has 154 valence electrons. The Labute approximate surface area is 180 Å². The van der Waals surface area contributed by atoms with Crippen molar-refractivity contribution in [3.8, 4) is 11.5 Å². The lowest BCUT2D eigenvalue weighted by atomic mass is 9.99. The number of rotatable bonds is 5. The van der Waals surface area contributed by atoms with Gasteiger partial charge in [0, 0.05) is 16.9 Å². The van der Waals surface area contributed by atoms with Crippen LogP contribution in [0.2, 0.25) is 0 Å². The molecule has 0 aliphatic carbocycles. The number of nitrogens with zero attached hydrogens (tertiary/aromatic N) is 2. The summed E-state index contributed by atoms with van der Waals surface area (Å²) < 4.78 is 10.5. The van der Waals surface area contributed by atoms with Crippen molar-refractivity contribution in [2.75, 3.05) is 24.0 Å². The predicted molar refractivity (Wildman–Crippen MR) is 120 cm³/mol. The molecular formula is C23H22N2O4S. The molecule has 0 bridgehead atoms. The molecule has 3 aromatic rings. The first-order valence-corrected chi connectivity index (χ1v) is 9.79. The SMILES string of the molecule is COc1ccc(N2C(=S)N(c3ccccc3)[C@@](O)(c3ccc(OC)cc3)[C@@H]2O)cc1. The van der Waals surface area contributed by atoms with Crippen molar-refractivity contribution < 1.29 is 19.7 Å². The third-order valence-corrected chi connectivity index (χ3v) is 5.60. The highest BCUT2D eigenvalue weighted by Gasteiger charge is 2.56. The number of hydrogen-bond acceptors (Lipinski definition) is 5. The maximum atomic E-state index is 11.9. The Morgan fingerprint density at radius 3 is 1.87 bits per heavy atom. The van der Waals surface area contributed by atoms with Gasteiger partial charge in [-0.3, -0.25) is 9.80 Å². The Bertz CT molecular complexity index is 1030. The van der Waals surface area contributed by atoms with Gasteiger partial charge in [-0.05, 0) is 60.7 Å². The predicted octanol–water partition coefficient (Wildman–Crippen LogP) is 3.48. The molecule has 2 atom stereocenters. The van der Waals surface area contributed by atoms with Gasteiger partial charge in [0.05, 0.1) is 14.2 Å². The lowest BCUT2D eigenvalue weighted by Crippen LogP contribution is -2.49. The normalized spacial score (nSPS) is 21.1. The monoisotopic (exact) mass is 422 g/mol. The average Bonchev–Trinajstić information content (AvgIpc) is 3.00. The fourth-order valence-electron chi connectivity index (χ4n) is 3.65. The zero-order valence-electron chi connectivity index (χ0n) is 16.6. The van der Waals surface area contributed by atoms with Gasteiger partial charge in [0.15, 0.2) is 11.3 Å². The van der Waals surface area contributed by atoms with Crippen molar-refractivity contribution in [2.24, 2.45) is 0 Å². The maximum absolute atomic E-state index is 11.9. The van der Waals surface area contributed by atoms with E-state index in [0.29, 0.717) is 28.4 Å². The van der Waals surface area contributed by atoms with Crippen LogP contribution in [0.25, 0.3) is 0 Å². The van der Waals surface area contributed by atoms with Crippen molar-refractivity contribution in [1.82, 2.24) is 0 Å². The molecule has 3 aromatic carbocycles. The highest BCUT2D eigenvalue weighted by atomic mass is 32.1. The van der Waals surface area contributed by atoms with Gasteiger partial charge in [0.25, 0.3) is 0 Å². The van der Waals surface area contributed by atoms with E-state index in [1.54, 1.807) is 67.7 Å². The highest BCUT2D eigenvalue weighted by Crippen LogP contribution is 2.44. The quantitative estimate of drug-likeness (QED) is 0.611. The van der Waals surface area contributed by atoms with E-state index in [2.05, 4.69) is 0 Å². The summed E-state index contributed by atoms with van der Waals surface area (Å²) >= 11 is 5.74. The molecular weight excluding hydrogens is 400 g/mol. The fourth-order valence-corrected chi connectivity index (χ4v) is 4.10. The Morgan fingerprint density at radius 2 is 1.33 bits per heavy atom. The largest absolute Gasteiger partial charge is 0.497 e. The van der Waals surface area contributed by atoms with Crippen LogP contribution in [0.15, 0.2) is 78.9 Å². The summed E-state index contributed by atoms with van der Waals surface area (Å²) in [6.07, 6.45) is -1.35. The first kappa shape index (κ1) is 20.2. The molecule has 1 heterocycles. The van der Waals surface area contributed by atoms with Crippen LogP contribution >= 0.6 is 12.2 Å². The van der Waals surface area contributed by atoms with E-state index < -0.39 is 12.0 Å². The third kappa shape index (κ3) is 3.17. The second-order valence-corrected chi connectivity index (χ2v) is 7.22. The van der Waals surface area contributed by atoms with Gasteiger partial charge in [-0.2, -0.15) is 0 Å². The molecule has 1 aliphatic rings. The molecule has 1 saturated heterocycles. The summed E-state index contributed by atoms with van der Waals surface area (Å²) in [5, 5.41) is 23.5. The average molecular weight is 423 g/mol. The number of thiocarbonyl (C=S) groups is 1. The Kier molecular flexibility index (Phi) is 5.34. The summed E-state index contributed by atoms with van der Waals surface area (Å²) in [5.74, 6) is 1.33. The van der Waals surface area contributed by atoms with Crippen LogP contribution in [0.5, 0.6) is 11.5 Å². The van der Waals surface area contributed by atoms with Gasteiger partial charge in [0.2, 0.25) is 5.72 Å². The Morgan fingerprint density at radius 1 is 0.800 bits per heavy atom. The summed E-state index contributed by atoms with van der Waals surface area (Å²) in [6, 6.07) is 23.3. The first-order valence-electron chi connectivity index (χ1n) is 9.38. The summed E-state index contributed by atoms with van der Waals surface area (Å²) in [5.41, 5.74) is -0.0301. The molecule has 6 nitrogen and oxygen atoms in total. The Balaban J connectivity index is 1.85. The number of benzene rings is 3.